The number of carbonyl (C=O) groups is 2. The highest BCUT2D eigenvalue weighted by atomic mass is 16.5. The van der Waals surface area contributed by atoms with E-state index in [0.717, 1.165) is 58.3 Å². The fourth-order valence-corrected chi connectivity index (χ4v) is 3.64. The van der Waals surface area contributed by atoms with Crippen molar-refractivity contribution in [2.24, 2.45) is 5.92 Å². The summed E-state index contributed by atoms with van der Waals surface area (Å²) in [4.78, 5) is 27.1. The summed E-state index contributed by atoms with van der Waals surface area (Å²) >= 11 is 0. The Balaban J connectivity index is 1.62. The first-order chi connectivity index (χ1) is 12.4. The van der Waals surface area contributed by atoms with Crippen molar-refractivity contribution in [3.8, 4) is 0 Å². The molecule has 1 aliphatic carbocycles. The molecule has 1 heterocycles. The molecule has 7 heteroatoms. The SMILES string of the molecule is CCN(CC(=O)O)C1CC(NC(=O)N2CCC(OCCC(C)C)CC2)C1. The molecule has 26 heavy (non-hydrogen) atoms. The Labute approximate surface area is 157 Å². The van der Waals surface area contributed by atoms with E-state index in [9.17, 15) is 9.59 Å². The van der Waals surface area contributed by atoms with E-state index in [-0.39, 0.29) is 30.8 Å². The monoisotopic (exact) mass is 369 g/mol. The Hall–Kier alpha value is -1.34. The molecular formula is C19H35N3O4. The predicted molar refractivity (Wildman–Crippen MR) is 100 cm³/mol. The second kappa shape index (κ2) is 10.1. The summed E-state index contributed by atoms with van der Waals surface area (Å²) in [5.41, 5.74) is 0. The highest BCUT2D eigenvalue weighted by molar-refractivity contribution is 5.74. The van der Waals surface area contributed by atoms with Crippen LogP contribution in [-0.2, 0) is 9.53 Å². The molecule has 1 aliphatic heterocycles. The number of nitrogens with zero attached hydrogens (tertiary/aromatic N) is 2. The fraction of sp³-hybridized carbons (Fsp3) is 0.895. The lowest BCUT2D eigenvalue weighted by molar-refractivity contribution is -0.139. The molecule has 0 spiro atoms. The van der Waals surface area contributed by atoms with Gasteiger partial charge >= 0.3 is 12.0 Å². The van der Waals surface area contributed by atoms with E-state index in [1.165, 1.54) is 0 Å². The van der Waals surface area contributed by atoms with E-state index >= 15 is 0 Å². The summed E-state index contributed by atoms with van der Waals surface area (Å²) in [6.07, 6.45) is 4.84. The maximum absolute atomic E-state index is 12.4. The third-order valence-corrected chi connectivity index (χ3v) is 5.48. The number of rotatable bonds is 9. The number of piperidine rings is 1. The molecule has 7 nitrogen and oxygen atoms in total. The smallest absolute Gasteiger partial charge is 0.317 e. The third-order valence-electron chi connectivity index (χ3n) is 5.48. The molecule has 1 saturated heterocycles. The summed E-state index contributed by atoms with van der Waals surface area (Å²) in [5.74, 6) is -0.135. The average molecular weight is 370 g/mol. The Kier molecular flexibility index (Phi) is 8.15. The number of hydrogen-bond acceptors (Lipinski definition) is 4. The highest BCUT2D eigenvalue weighted by Crippen LogP contribution is 2.26. The third kappa shape index (κ3) is 6.43. The van der Waals surface area contributed by atoms with E-state index in [4.69, 9.17) is 9.84 Å². The molecule has 0 aromatic carbocycles. The summed E-state index contributed by atoms with van der Waals surface area (Å²) < 4.78 is 5.91. The van der Waals surface area contributed by atoms with Gasteiger partial charge in [0.25, 0.3) is 0 Å². The van der Waals surface area contributed by atoms with Crippen LogP contribution in [0.25, 0.3) is 0 Å². The lowest BCUT2D eigenvalue weighted by Gasteiger charge is -2.43. The first-order valence-corrected chi connectivity index (χ1v) is 10.0. The van der Waals surface area contributed by atoms with Crippen LogP contribution in [0.4, 0.5) is 4.79 Å². The van der Waals surface area contributed by atoms with Crippen molar-refractivity contribution in [1.82, 2.24) is 15.1 Å². The molecule has 0 atom stereocenters. The van der Waals surface area contributed by atoms with Gasteiger partial charge in [0.2, 0.25) is 0 Å². The Morgan fingerprint density at radius 1 is 1.27 bits per heavy atom. The number of carboxylic acid groups (broad SMARTS) is 1. The number of nitrogens with one attached hydrogen (secondary N) is 1. The molecule has 2 N–H and O–H groups in total. The minimum absolute atomic E-state index is 0.00960. The summed E-state index contributed by atoms with van der Waals surface area (Å²) in [6.45, 7) is 9.47. The molecule has 2 aliphatic rings. The van der Waals surface area contributed by atoms with E-state index in [1.54, 1.807) is 0 Å². The van der Waals surface area contributed by atoms with E-state index in [2.05, 4.69) is 19.2 Å². The maximum atomic E-state index is 12.4. The summed E-state index contributed by atoms with van der Waals surface area (Å²) in [7, 11) is 0. The maximum Gasteiger partial charge on any atom is 0.317 e. The second-order valence-corrected chi connectivity index (χ2v) is 7.97. The van der Waals surface area contributed by atoms with Crippen LogP contribution < -0.4 is 5.32 Å². The number of carboxylic acids is 1. The van der Waals surface area contributed by atoms with Crippen molar-refractivity contribution in [3.63, 3.8) is 0 Å². The second-order valence-electron chi connectivity index (χ2n) is 7.97. The van der Waals surface area contributed by atoms with Gasteiger partial charge in [-0.05, 0) is 44.6 Å². The van der Waals surface area contributed by atoms with Gasteiger partial charge in [-0.3, -0.25) is 9.69 Å². The Bertz CT molecular complexity index is 458. The first-order valence-electron chi connectivity index (χ1n) is 10.0. The topological polar surface area (TPSA) is 82.1 Å². The number of ether oxygens (including phenoxy) is 1. The van der Waals surface area contributed by atoms with Gasteiger partial charge in [0.15, 0.2) is 0 Å². The summed E-state index contributed by atoms with van der Waals surface area (Å²) in [6, 6.07) is 0.437. The van der Waals surface area contributed by atoms with E-state index in [0.29, 0.717) is 5.92 Å². The van der Waals surface area contributed by atoms with Gasteiger partial charge in [0, 0.05) is 31.8 Å². The Morgan fingerprint density at radius 3 is 2.46 bits per heavy atom. The van der Waals surface area contributed by atoms with Crippen LogP contribution >= 0.6 is 0 Å². The van der Waals surface area contributed by atoms with E-state index in [1.807, 2.05) is 16.7 Å². The molecule has 0 aromatic heterocycles. The molecule has 0 bridgehead atoms. The molecule has 0 aromatic rings. The highest BCUT2D eigenvalue weighted by Gasteiger charge is 2.35. The van der Waals surface area contributed by atoms with Gasteiger partial charge in [0.05, 0.1) is 12.6 Å². The predicted octanol–water partition coefficient (Wildman–Crippen LogP) is 2.16. The summed E-state index contributed by atoms with van der Waals surface area (Å²) in [5, 5.41) is 12.0. The normalized spacial score (nSPS) is 24.0. The molecule has 1 saturated carbocycles. The van der Waals surface area contributed by atoms with Crippen molar-refractivity contribution in [1.29, 1.82) is 0 Å². The van der Waals surface area contributed by atoms with Crippen molar-refractivity contribution in [3.05, 3.63) is 0 Å². The molecule has 0 unspecified atom stereocenters. The van der Waals surface area contributed by atoms with E-state index < -0.39 is 5.97 Å². The number of likely N-dealkylation sites (N-methyl/N-ethyl adjacent to an activating group) is 1. The van der Waals surface area contributed by atoms with Crippen LogP contribution in [0, 0.1) is 5.92 Å². The standard InChI is InChI=1S/C19H35N3O4/c1-4-21(13-18(23)24)16-11-15(12-16)20-19(25)22-8-5-17(6-9-22)26-10-7-14(2)3/h14-17H,4-13H2,1-3H3,(H,20,25)(H,23,24). The van der Waals surface area contributed by atoms with Crippen molar-refractivity contribution < 1.29 is 19.4 Å². The van der Waals surface area contributed by atoms with Gasteiger partial charge < -0.3 is 20.1 Å². The largest absolute Gasteiger partial charge is 0.480 e. The lowest BCUT2D eigenvalue weighted by Crippen LogP contribution is -2.57. The molecule has 2 fully saturated rings. The number of urea groups is 1. The van der Waals surface area contributed by atoms with Crippen LogP contribution in [0.15, 0.2) is 0 Å². The number of aliphatic carboxylic acids is 1. The fourth-order valence-electron chi connectivity index (χ4n) is 3.64. The number of amides is 2. The lowest BCUT2D eigenvalue weighted by atomic mass is 9.85. The van der Waals surface area contributed by atoms with Crippen molar-refractivity contribution in [2.75, 3.05) is 32.8 Å². The number of hydrogen-bond donors (Lipinski definition) is 2. The van der Waals surface area contributed by atoms with Gasteiger partial charge in [-0.1, -0.05) is 20.8 Å². The van der Waals surface area contributed by atoms with Crippen LogP contribution in [-0.4, -0.2) is 77.9 Å². The van der Waals surface area contributed by atoms with Crippen molar-refractivity contribution >= 4 is 12.0 Å². The zero-order chi connectivity index (χ0) is 19.1. The zero-order valence-corrected chi connectivity index (χ0v) is 16.4. The van der Waals surface area contributed by atoms with Crippen LogP contribution in [0.1, 0.15) is 52.9 Å². The van der Waals surface area contributed by atoms with Gasteiger partial charge in [-0.15, -0.1) is 0 Å². The van der Waals surface area contributed by atoms with Gasteiger partial charge in [-0.25, -0.2) is 4.79 Å². The first kappa shape index (κ1) is 21.0. The van der Waals surface area contributed by atoms with Crippen LogP contribution in [0.3, 0.4) is 0 Å². The zero-order valence-electron chi connectivity index (χ0n) is 16.4. The molecule has 2 amide bonds. The Morgan fingerprint density at radius 2 is 1.92 bits per heavy atom. The average Bonchev–Trinajstić information content (AvgIpc) is 2.56. The van der Waals surface area contributed by atoms with Crippen LogP contribution in [0.2, 0.25) is 0 Å². The minimum atomic E-state index is -0.794. The quantitative estimate of drug-likeness (QED) is 0.651. The molecular weight excluding hydrogens is 334 g/mol. The van der Waals surface area contributed by atoms with Crippen LogP contribution in [0.5, 0.6) is 0 Å². The molecule has 2 rings (SSSR count). The van der Waals surface area contributed by atoms with Gasteiger partial charge in [0.1, 0.15) is 0 Å². The van der Waals surface area contributed by atoms with Gasteiger partial charge in [-0.2, -0.15) is 0 Å². The molecule has 0 radical (unpaired) electrons. The molecule has 150 valence electrons. The number of likely N-dealkylation sites (tertiary alicyclic amines) is 1. The minimum Gasteiger partial charge on any atom is -0.480 e. The number of carbonyl (C=O) groups excluding carboxylic acids is 1. The van der Waals surface area contributed by atoms with Crippen molar-refractivity contribution in [2.45, 2.75) is 71.1 Å².